The van der Waals surface area contributed by atoms with Crippen LogP contribution in [-0.4, -0.2) is 24.4 Å². The second-order valence-electron chi connectivity index (χ2n) is 2.93. The normalized spacial score (nSPS) is 30.9. The van der Waals surface area contributed by atoms with E-state index in [1.807, 2.05) is 13.8 Å². The minimum absolute atomic E-state index is 0.201. The summed E-state index contributed by atoms with van der Waals surface area (Å²) in [5, 5.41) is 0. The van der Waals surface area contributed by atoms with Crippen molar-refractivity contribution in [2.45, 2.75) is 32.2 Å². The standard InChI is InChI=1S/C7H13ClO2/c1-7(2)9-5-6(10-7)3-4-8/h6H,3-5H2,1-2H3/t6-/m0/s1. The summed E-state index contributed by atoms with van der Waals surface area (Å²) in [7, 11) is 0. The van der Waals surface area contributed by atoms with Crippen molar-refractivity contribution in [1.29, 1.82) is 0 Å². The lowest BCUT2D eigenvalue weighted by Crippen LogP contribution is -2.21. The molecule has 0 spiro atoms. The number of hydrogen-bond donors (Lipinski definition) is 0. The zero-order valence-electron chi connectivity index (χ0n) is 6.39. The summed E-state index contributed by atoms with van der Waals surface area (Å²) < 4.78 is 10.8. The Labute approximate surface area is 66.5 Å². The molecule has 2 nitrogen and oxygen atoms in total. The second kappa shape index (κ2) is 3.07. The molecule has 0 aromatic carbocycles. The Morgan fingerprint density at radius 2 is 2.30 bits per heavy atom. The van der Waals surface area contributed by atoms with Crippen molar-refractivity contribution < 1.29 is 9.47 Å². The van der Waals surface area contributed by atoms with Crippen LogP contribution in [0.2, 0.25) is 0 Å². The number of halogens is 1. The van der Waals surface area contributed by atoms with Crippen LogP contribution >= 0.6 is 11.6 Å². The van der Waals surface area contributed by atoms with Crippen LogP contribution in [-0.2, 0) is 9.47 Å². The molecule has 0 aliphatic carbocycles. The Bertz CT molecular complexity index is 114. The Morgan fingerprint density at radius 1 is 1.60 bits per heavy atom. The highest BCUT2D eigenvalue weighted by Gasteiger charge is 2.31. The first kappa shape index (κ1) is 8.31. The molecule has 0 saturated carbocycles. The van der Waals surface area contributed by atoms with Crippen molar-refractivity contribution in [3.8, 4) is 0 Å². The zero-order chi connectivity index (χ0) is 7.61. The van der Waals surface area contributed by atoms with E-state index >= 15 is 0 Å². The molecule has 60 valence electrons. The van der Waals surface area contributed by atoms with E-state index in [1.165, 1.54) is 0 Å². The molecule has 0 aromatic heterocycles. The monoisotopic (exact) mass is 164 g/mol. The van der Waals surface area contributed by atoms with Gasteiger partial charge in [-0.3, -0.25) is 0 Å². The quantitative estimate of drug-likeness (QED) is 0.580. The van der Waals surface area contributed by atoms with Gasteiger partial charge in [0.15, 0.2) is 5.79 Å². The molecule has 0 N–H and O–H groups in total. The largest absolute Gasteiger partial charge is 0.348 e. The third-order valence-electron chi connectivity index (χ3n) is 1.50. The first-order chi connectivity index (χ1) is 4.64. The third-order valence-corrected chi connectivity index (χ3v) is 1.72. The van der Waals surface area contributed by atoms with Crippen molar-refractivity contribution in [3.05, 3.63) is 0 Å². The summed E-state index contributed by atoms with van der Waals surface area (Å²) in [6, 6.07) is 0. The molecule has 1 fully saturated rings. The molecular formula is C7H13ClO2. The summed E-state index contributed by atoms with van der Waals surface area (Å²) in [6.07, 6.45) is 1.08. The van der Waals surface area contributed by atoms with Gasteiger partial charge in [-0.05, 0) is 20.3 Å². The fourth-order valence-corrected chi connectivity index (χ4v) is 1.27. The number of rotatable bonds is 2. The van der Waals surface area contributed by atoms with Gasteiger partial charge in [0.25, 0.3) is 0 Å². The average Bonchev–Trinajstić information content (AvgIpc) is 2.12. The van der Waals surface area contributed by atoms with Crippen molar-refractivity contribution in [2.75, 3.05) is 12.5 Å². The Balaban J connectivity index is 2.29. The molecule has 0 amide bonds. The lowest BCUT2D eigenvalue weighted by atomic mass is 10.3. The molecule has 10 heavy (non-hydrogen) atoms. The van der Waals surface area contributed by atoms with E-state index < -0.39 is 5.79 Å². The van der Waals surface area contributed by atoms with Crippen LogP contribution in [0.15, 0.2) is 0 Å². The molecule has 0 radical (unpaired) electrons. The summed E-state index contributed by atoms with van der Waals surface area (Å²) in [6.45, 7) is 4.52. The maximum Gasteiger partial charge on any atom is 0.163 e. The highest BCUT2D eigenvalue weighted by atomic mass is 35.5. The van der Waals surface area contributed by atoms with E-state index in [0.717, 1.165) is 6.42 Å². The van der Waals surface area contributed by atoms with Gasteiger partial charge in [0.05, 0.1) is 12.7 Å². The van der Waals surface area contributed by atoms with Crippen LogP contribution < -0.4 is 0 Å². The minimum Gasteiger partial charge on any atom is -0.348 e. The van der Waals surface area contributed by atoms with Gasteiger partial charge >= 0.3 is 0 Å². The van der Waals surface area contributed by atoms with Gasteiger partial charge in [-0.1, -0.05) is 0 Å². The van der Waals surface area contributed by atoms with Gasteiger partial charge in [0, 0.05) is 5.88 Å². The average molecular weight is 165 g/mol. The SMILES string of the molecule is CC1(C)OC[C@H](CCCl)O1. The number of alkyl halides is 1. The zero-order valence-corrected chi connectivity index (χ0v) is 7.15. The predicted molar refractivity (Wildman–Crippen MR) is 40.2 cm³/mol. The smallest absolute Gasteiger partial charge is 0.163 e. The van der Waals surface area contributed by atoms with Crippen LogP contribution in [0.5, 0.6) is 0 Å². The Hall–Kier alpha value is 0.210. The van der Waals surface area contributed by atoms with Crippen LogP contribution in [0.1, 0.15) is 20.3 Å². The van der Waals surface area contributed by atoms with Gasteiger partial charge in [-0.15, -0.1) is 11.6 Å². The van der Waals surface area contributed by atoms with Gasteiger partial charge < -0.3 is 9.47 Å². The molecule has 1 aliphatic heterocycles. The Kier molecular flexibility index (Phi) is 2.55. The van der Waals surface area contributed by atoms with E-state index in [-0.39, 0.29) is 6.10 Å². The van der Waals surface area contributed by atoms with Gasteiger partial charge in [-0.25, -0.2) is 0 Å². The molecular weight excluding hydrogens is 152 g/mol. The minimum atomic E-state index is -0.392. The molecule has 1 saturated heterocycles. The van der Waals surface area contributed by atoms with Crippen molar-refractivity contribution in [1.82, 2.24) is 0 Å². The summed E-state index contributed by atoms with van der Waals surface area (Å²) in [5.74, 6) is 0.251. The van der Waals surface area contributed by atoms with Gasteiger partial charge in [-0.2, -0.15) is 0 Å². The van der Waals surface area contributed by atoms with Crippen molar-refractivity contribution in [3.63, 3.8) is 0 Å². The molecule has 0 aromatic rings. The first-order valence-electron chi connectivity index (χ1n) is 3.52. The lowest BCUT2D eigenvalue weighted by molar-refractivity contribution is -0.138. The Morgan fingerprint density at radius 3 is 2.70 bits per heavy atom. The summed E-state index contributed by atoms with van der Waals surface area (Å²) >= 11 is 5.54. The van der Waals surface area contributed by atoms with Crippen molar-refractivity contribution in [2.24, 2.45) is 0 Å². The number of ether oxygens (including phenoxy) is 2. The molecule has 1 aliphatic rings. The molecule has 1 rings (SSSR count). The first-order valence-corrected chi connectivity index (χ1v) is 4.05. The van der Waals surface area contributed by atoms with E-state index in [4.69, 9.17) is 21.1 Å². The van der Waals surface area contributed by atoms with Crippen LogP contribution in [0.4, 0.5) is 0 Å². The second-order valence-corrected chi connectivity index (χ2v) is 3.31. The van der Waals surface area contributed by atoms with E-state index in [1.54, 1.807) is 0 Å². The molecule has 1 atom stereocenters. The van der Waals surface area contributed by atoms with Crippen LogP contribution in [0.3, 0.4) is 0 Å². The third kappa shape index (κ3) is 2.11. The van der Waals surface area contributed by atoms with Crippen LogP contribution in [0, 0.1) is 0 Å². The molecule has 1 heterocycles. The predicted octanol–water partition coefficient (Wildman–Crippen LogP) is 1.77. The lowest BCUT2D eigenvalue weighted by Gasteiger charge is -2.16. The fraction of sp³-hybridized carbons (Fsp3) is 1.00. The maximum absolute atomic E-state index is 5.54. The fourth-order valence-electron chi connectivity index (χ4n) is 1.03. The maximum atomic E-state index is 5.54. The highest BCUT2D eigenvalue weighted by molar-refractivity contribution is 6.17. The summed E-state index contributed by atoms with van der Waals surface area (Å²) in [4.78, 5) is 0. The molecule has 3 heteroatoms. The van der Waals surface area contributed by atoms with Crippen molar-refractivity contribution >= 4 is 11.6 Å². The topological polar surface area (TPSA) is 18.5 Å². The van der Waals surface area contributed by atoms with E-state index in [9.17, 15) is 0 Å². The van der Waals surface area contributed by atoms with Gasteiger partial charge in [0.2, 0.25) is 0 Å². The molecule has 0 bridgehead atoms. The van der Waals surface area contributed by atoms with Crippen LogP contribution in [0.25, 0.3) is 0 Å². The summed E-state index contributed by atoms with van der Waals surface area (Å²) in [5.41, 5.74) is 0. The highest BCUT2D eigenvalue weighted by Crippen LogP contribution is 2.23. The molecule has 0 unspecified atom stereocenters. The van der Waals surface area contributed by atoms with E-state index in [2.05, 4.69) is 0 Å². The van der Waals surface area contributed by atoms with Gasteiger partial charge in [0.1, 0.15) is 0 Å². The number of hydrogen-bond acceptors (Lipinski definition) is 2. The van der Waals surface area contributed by atoms with E-state index in [0.29, 0.717) is 12.5 Å².